The van der Waals surface area contributed by atoms with Crippen LogP contribution in [0.4, 0.5) is 0 Å². The molecule has 0 fully saturated rings. The maximum atomic E-state index is 9.85. The van der Waals surface area contributed by atoms with Crippen molar-refractivity contribution >= 4 is 10.9 Å². The lowest BCUT2D eigenvalue weighted by Gasteiger charge is -2.23. The molecule has 1 aromatic heterocycles. The molecular formula is C13H19N2O+. The van der Waals surface area contributed by atoms with E-state index in [-0.39, 0.29) is 0 Å². The topological polar surface area (TPSA) is 36.0 Å². The number of phenolic OH excluding ortho intramolecular Hbond substituents is 1. The van der Waals surface area contributed by atoms with E-state index >= 15 is 0 Å². The average molecular weight is 219 g/mol. The Morgan fingerprint density at radius 3 is 2.69 bits per heavy atom. The highest BCUT2D eigenvalue weighted by Gasteiger charge is 2.12. The quantitative estimate of drug-likeness (QED) is 0.762. The SMILES string of the molecule is C[N+](C)(C)CCc1c[nH]c2cccc(O)c12. The third-order valence-electron chi connectivity index (χ3n) is 2.82. The predicted molar refractivity (Wildman–Crippen MR) is 66.6 cm³/mol. The Bertz CT molecular complexity index is 494. The summed E-state index contributed by atoms with van der Waals surface area (Å²) in [6.07, 6.45) is 2.97. The number of rotatable bonds is 3. The lowest BCUT2D eigenvalue weighted by Crippen LogP contribution is -2.36. The van der Waals surface area contributed by atoms with E-state index in [2.05, 4.69) is 26.1 Å². The molecule has 0 spiro atoms. The van der Waals surface area contributed by atoms with Crippen LogP contribution in [0.1, 0.15) is 5.56 Å². The number of aromatic nitrogens is 1. The highest BCUT2D eigenvalue weighted by molar-refractivity contribution is 5.88. The van der Waals surface area contributed by atoms with Gasteiger partial charge in [0.2, 0.25) is 0 Å². The number of quaternary nitrogens is 1. The third-order valence-corrected chi connectivity index (χ3v) is 2.82. The highest BCUT2D eigenvalue weighted by Crippen LogP contribution is 2.27. The van der Waals surface area contributed by atoms with Crippen LogP contribution in [0.25, 0.3) is 10.9 Å². The number of phenols is 1. The van der Waals surface area contributed by atoms with Crippen LogP contribution in [0, 0.1) is 0 Å². The number of hydrogen-bond acceptors (Lipinski definition) is 1. The van der Waals surface area contributed by atoms with Crippen LogP contribution in [0.15, 0.2) is 24.4 Å². The van der Waals surface area contributed by atoms with E-state index in [4.69, 9.17) is 0 Å². The van der Waals surface area contributed by atoms with Crippen LogP contribution in [-0.4, -0.2) is 42.3 Å². The van der Waals surface area contributed by atoms with E-state index in [1.165, 1.54) is 5.56 Å². The Hall–Kier alpha value is -1.48. The standard InChI is InChI=1S/C13H18N2O/c1-15(2,3)8-7-10-9-14-11-5-4-6-12(16)13(10)11/h4-6,9,14H,7-8H2,1-3H3/p+1. The van der Waals surface area contributed by atoms with E-state index in [0.717, 1.165) is 28.4 Å². The first kappa shape index (κ1) is 11.0. The molecule has 0 aliphatic heterocycles. The fourth-order valence-electron chi connectivity index (χ4n) is 1.89. The maximum Gasteiger partial charge on any atom is 0.125 e. The van der Waals surface area contributed by atoms with Gasteiger partial charge in [-0.15, -0.1) is 0 Å². The summed E-state index contributed by atoms with van der Waals surface area (Å²) in [6, 6.07) is 5.59. The number of nitrogens with zero attached hydrogens (tertiary/aromatic N) is 1. The molecule has 0 saturated heterocycles. The van der Waals surface area contributed by atoms with Gasteiger partial charge in [-0.1, -0.05) is 6.07 Å². The zero-order chi connectivity index (χ0) is 11.8. The molecule has 1 aromatic carbocycles. The molecule has 0 atom stereocenters. The lowest BCUT2D eigenvalue weighted by atomic mass is 10.1. The molecule has 86 valence electrons. The normalized spacial score (nSPS) is 12.2. The van der Waals surface area contributed by atoms with E-state index in [0.29, 0.717) is 5.75 Å². The molecule has 3 heteroatoms. The molecule has 3 nitrogen and oxygen atoms in total. The third kappa shape index (κ3) is 2.19. The molecular weight excluding hydrogens is 200 g/mol. The van der Waals surface area contributed by atoms with Gasteiger partial charge in [-0.2, -0.15) is 0 Å². The zero-order valence-corrected chi connectivity index (χ0v) is 10.1. The molecule has 0 aliphatic carbocycles. The van der Waals surface area contributed by atoms with Crippen LogP contribution in [0.5, 0.6) is 5.75 Å². The number of fused-ring (bicyclic) bond motifs is 1. The number of hydrogen-bond donors (Lipinski definition) is 2. The second kappa shape index (κ2) is 3.83. The summed E-state index contributed by atoms with van der Waals surface area (Å²) < 4.78 is 0.931. The molecule has 2 N–H and O–H groups in total. The second-order valence-corrected chi connectivity index (χ2v) is 5.28. The van der Waals surface area contributed by atoms with Gasteiger partial charge >= 0.3 is 0 Å². The van der Waals surface area contributed by atoms with Crippen molar-refractivity contribution in [3.05, 3.63) is 30.0 Å². The fourth-order valence-corrected chi connectivity index (χ4v) is 1.89. The molecule has 0 amide bonds. The van der Waals surface area contributed by atoms with Crippen molar-refractivity contribution in [1.29, 1.82) is 0 Å². The van der Waals surface area contributed by atoms with Crippen LogP contribution in [0.3, 0.4) is 0 Å². The van der Waals surface area contributed by atoms with Crippen molar-refractivity contribution in [2.75, 3.05) is 27.7 Å². The summed E-state index contributed by atoms with van der Waals surface area (Å²) in [7, 11) is 6.53. The highest BCUT2D eigenvalue weighted by atomic mass is 16.3. The van der Waals surface area contributed by atoms with Crippen LogP contribution >= 0.6 is 0 Å². The molecule has 0 saturated carbocycles. The van der Waals surface area contributed by atoms with Gasteiger partial charge in [-0.05, 0) is 17.7 Å². The molecule has 0 unspecified atom stereocenters. The van der Waals surface area contributed by atoms with E-state index in [1.54, 1.807) is 6.07 Å². The van der Waals surface area contributed by atoms with Crippen molar-refractivity contribution in [2.24, 2.45) is 0 Å². The Labute approximate surface area is 95.9 Å². The van der Waals surface area contributed by atoms with Crippen LogP contribution in [0.2, 0.25) is 0 Å². The van der Waals surface area contributed by atoms with E-state index < -0.39 is 0 Å². The van der Waals surface area contributed by atoms with Crippen molar-refractivity contribution < 1.29 is 9.59 Å². The van der Waals surface area contributed by atoms with Crippen molar-refractivity contribution in [2.45, 2.75) is 6.42 Å². The number of benzene rings is 1. The van der Waals surface area contributed by atoms with Gasteiger partial charge in [-0.25, -0.2) is 0 Å². The van der Waals surface area contributed by atoms with Gasteiger partial charge in [-0.3, -0.25) is 0 Å². The molecule has 1 heterocycles. The molecule has 2 rings (SSSR count). The number of H-pyrrole nitrogens is 1. The Balaban J connectivity index is 2.32. The summed E-state index contributed by atoms with van der Waals surface area (Å²) in [4.78, 5) is 3.20. The molecule has 2 aromatic rings. The number of nitrogens with one attached hydrogen (secondary N) is 1. The summed E-state index contributed by atoms with van der Waals surface area (Å²) in [5.41, 5.74) is 2.21. The molecule has 0 bridgehead atoms. The average Bonchev–Trinajstić information content (AvgIpc) is 2.58. The van der Waals surface area contributed by atoms with Crippen LogP contribution in [-0.2, 0) is 6.42 Å². The second-order valence-electron chi connectivity index (χ2n) is 5.28. The lowest BCUT2D eigenvalue weighted by molar-refractivity contribution is -0.870. The summed E-state index contributed by atoms with van der Waals surface area (Å²) in [5, 5.41) is 10.8. The Morgan fingerprint density at radius 2 is 2.00 bits per heavy atom. The first-order chi connectivity index (χ1) is 7.47. The van der Waals surface area contributed by atoms with Gasteiger partial charge in [0.05, 0.1) is 27.7 Å². The summed E-state index contributed by atoms with van der Waals surface area (Å²) in [6.45, 7) is 1.06. The largest absolute Gasteiger partial charge is 0.507 e. The zero-order valence-electron chi connectivity index (χ0n) is 10.1. The Kier molecular flexibility index (Phi) is 2.64. The van der Waals surface area contributed by atoms with Crippen LogP contribution < -0.4 is 0 Å². The van der Waals surface area contributed by atoms with Gasteiger partial charge in [0, 0.05) is 23.5 Å². The van der Waals surface area contributed by atoms with Crippen molar-refractivity contribution in [3.63, 3.8) is 0 Å². The molecule has 0 aliphatic rings. The number of aromatic hydroxyl groups is 1. The fraction of sp³-hybridized carbons (Fsp3) is 0.385. The number of likely N-dealkylation sites (N-methyl/N-ethyl adjacent to an activating group) is 1. The molecule has 0 radical (unpaired) electrons. The van der Waals surface area contributed by atoms with Gasteiger partial charge in [0.25, 0.3) is 0 Å². The van der Waals surface area contributed by atoms with E-state index in [1.807, 2.05) is 18.3 Å². The summed E-state index contributed by atoms with van der Waals surface area (Å²) in [5.74, 6) is 0.371. The summed E-state index contributed by atoms with van der Waals surface area (Å²) >= 11 is 0. The minimum Gasteiger partial charge on any atom is -0.507 e. The van der Waals surface area contributed by atoms with Gasteiger partial charge in [0.1, 0.15) is 5.75 Å². The van der Waals surface area contributed by atoms with Gasteiger partial charge in [0.15, 0.2) is 0 Å². The first-order valence-corrected chi connectivity index (χ1v) is 5.56. The molecule has 16 heavy (non-hydrogen) atoms. The smallest absolute Gasteiger partial charge is 0.125 e. The Morgan fingerprint density at radius 1 is 1.25 bits per heavy atom. The van der Waals surface area contributed by atoms with Gasteiger partial charge < -0.3 is 14.6 Å². The minimum atomic E-state index is 0.371. The minimum absolute atomic E-state index is 0.371. The monoisotopic (exact) mass is 219 g/mol. The first-order valence-electron chi connectivity index (χ1n) is 5.56. The number of aromatic amines is 1. The maximum absolute atomic E-state index is 9.85. The van der Waals surface area contributed by atoms with E-state index in [9.17, 15) is 5.11 Å². The van der Waals surface area contributed by atoms with Crippen molar-refractivity contribution in [1.82, 2.24) is 4.98 Å². The van der Waals surface area contributed by atoms with Crippen molar-refractivity contribution in [3.8, 4) is 5.75 Å². The predicted octanol–water partition coefficient (Wildman–Crippen LogP) is 2.12.